The topological polar surface area (TPSA) is 64.5 Å². The SMILES string of the molecule is ONC1[C@@H]2C[C@H]3C4C2C2C4[C@H](C[C@@H]21)C3NO. The summed E-state index contributed by atoms with van der Waals surface area (Å²) in [6.45, 7) is 0. The van der Waals surface area contributed by atoms with Crippen molar-refractivity contribution >= 4 is 0 Å². The van der Waals surface area contributed by atoms with Gasteiger partial charge >= 0.3 is 0 Å². The summed E-state index contributed by atoms with van der Waals surface area (Å²) < 4.78 is 0. The number of hydrogen-bond donors (Lipinski definition) is 4. The fraction of sp³-hybridized carbons (Fsp3) is 1.00. The minimum atomic E-state index is 0.358. The van der Waals surface area contributed by atoms with Gasteiger partial charge in [0.15, 0.2) is 0 Å². The molecule has 4 nitrogen and oxygen atoms in total. The van der Waals surface area contributed by atoms with Crippen molar-refractivity contribution in [2.24, 2.45) is 47.3 Å². The first-order chi connectivity index (χ1) is 7.86. The first kappa shape index (κ1) is 8.86. The average molecular weight is 222 g/mol. The van der Waals surface area contributed by atoms with E-state index in [0.29, 0.717) is 35.8 Å². The summed E-state index contributed by atoms with van der Waals surface area (Å²) in [5.41, 5.74) is 5.22. The molecule has 0 aromatic carbocycles. The summed E-state index contributed by atoms with van der Waals surface area (Å²) in [5, 5.41) is 18.8. The Morgan fingerprint density at radius 1 is 0.625 bits per heavy atom. The molecule has 10 atom stereocenters. The third kappa shape index (κ3) is 0.637. The molecule has 0 saturated heterocycles. The normalized spacial score (nSPS) is 72.4. The van der Waals surface area contributed by atoms with Crippen molar-refractivity contribution in [3.8, 4) is 0 Å². The molecule has 0 spiro atoms. The summed E-state index contributed by atoms with van der Waals surface area (Å²) >= 11 is 0. The van der Waals surface area contributed by atoms with E-state index in [2.05, 4.69) is 11.0 Å². The summed E-state index contributed by atoms with van der Waals surface area (Å²) in [4.78, 5) is 0. The zero-order chi connectivity index (χ0) is 10.6. The molecule has 5 rings (SSSR count). The molecule has 5 aliphatic rings. The maximum Gasteiger partial charge on any atom is 0.0382 e. The standard InChI is InChI=1S/C12H18N2O2/c15-13-11-3-1-4-8-7(3)9-5(11)2-6(10(8)9)12(4)14-16/h3-16H,1-2H2/t3-,4-,5-,6+,7?,8?,9?,10?,11?,12?/m0/s1. The van der Waals surface area contributed by atoms with Gasteiger partial charge in [-0.25, -0.2) is 11.0 Å². The maximum atomic E-state index is 9.38. The van der Waals surface area contributed by atoms with Crippen LogP contribution in [0.5, 0.6) is 0 Å². The van der Waals surface area contributed by atoms with E-state index in [9.17, 15) is 10.4 Å². The lowest BCUT2D eigenvalue weighted by molar-refractivity contribution is 0.0202. The second-order valence-electron chi connectivity index (χ2n) is 6.75. The lowest BCUT2D eigenvalue weighted by atomic mass is 9.60. The second-order valence-corrected chi connectivity index (χ2v) is 6.75. The van der Waals surface area contributed by atoms with Gasteiger partial charge in [-0.3, -0.25) is 0 Å². The van der Waals surface area contributed by atoms with Crippen LogP contribution in [0.3, 0.4) is 0 Å². The molecule has 4 heteroatoms. The third-order valence-electron chi connectivity index (χ3n) is 6.99. The summed E-state index contributed by atoms with van der Waals surface area (Å²) in [6, 6.07) is 0.717. The highest BCUT2D eigenvalue weighted by atomic mass is 16.5. The molecule has 0 heterocycles. The average Bonchev–Trinajstić information content (AvgIpc) is 2.77. The molecule has 88 valence electrons. The molecular weight excluding hydrogens is 204 g/mol. The van der Waals surface area contributed by atoms with Crippen molar-refractivity contribution in [3.05, 3.63) is 0 Å². The molecule has 0 amide bonds. The second kappa shape index (κ2) is 2.48. The maximum absolute atomic E-state index is 9.38. The highest BCUT2D eigenvalue weighted by molar-refractivity contribution is 5.28. The Kier molecular flexibility index (Phi) is 1.37. The van der Waals surface area contributed by atoms with Crippen molar-refractivity contribution in [1.82, 2.24) is 11.0 Å². The smallest absolute Gasteiger partial charge is 0.0382 e. The molecule has 0 aliphatic heterocycles. The minimum absolute atomic E-state index is 0.358. The van der Waals surface area contributed by atoms with Crippen molar-refractivity contribution < 1.29 is 10.4 Å². The zero-order valence-electron chi connectivity index (χ0n) is 9.08. The van der Waals surface area contributed by atoms with E-state index in [1.165, 1.54) is 12.8 Å². The number of hydroxylamine groups is 2. The monoisotopic (exact) mass is 222 g/mol. The van der Waals surface area contributed by atoms with Gasteiger partial charge in [-0.05, 0) is 60.2 Å². The van der Waals surface area contributed by atoms with E-state index in [1.807, 2.05) is 0 Å². The van der Waals surface area contributed by atoms with Gasteiger partial charge < -0.3 is 10.4 Å². The number of hydrogen-bond acceptors (Lipinski definition) is 4. The first-order valence-electron chi connectivity index (χ1n) is 6.66. The van der Waals surface area contributed by atoms with E-state index in [4.69, 9.17) is 0 Å². The van der Waals surface area contributed by atoms with E-state index in [-0.39, 0.29) is 0 Å². The fourth-order valence-corrected chi connectivity index (χ4v) is 6.98. The van der Waals surface area contributed by atoms with Gasteiger partial charge in [0, 0.05) is 12.1 Å². The summed E-state index contributed by atoms with van der Waals surface area (Å²) in [5.74, 6) is 6.21. The van der Waals surface area contributed by atoms with Crippen molar-refractivity contribution in [3.63, 3.8) is 0 Å². The van der Waals surface area contributed by atoms with Crippen LogP contribution in [-0.4, -0.2) is 22.5 Å². The van der Waals surface area contributed by atoms with Crippen LogP contribution in [0.15, 0.2) is 0 Å². The van der Waals surface area contributed by atoms with Gasteiger partial charge in [0.05, 0.1) is 0 Å². The van der Waals surface area contributed by atoms with Crippen molar-refractivity contribution in [2.75, 3.05) is 0 Å². The van der Waals surface area contributed by atoms with Crippen LogP contribution in [0.4, 0.5) is 0 Å². The van der Waals surface area contributed by atoms with E-state index in [1.54, 1.807) is 0 Å². The predicted molar refractivity (Wildman–Crippen MR) is 54.6 cm³/mol. The van der Waals surface area contributed by atoms with Crippen molar-refractivity contribution in [2.45, 2.75) is 24.9 Å². The van der Waals surface area contributed by atoms with Crippen LogP contribution in [0.2, 0.25) is 0 Å². The molecule has 0 bridgehead atoms. The van der Waals surface area contributed by atoms with Gasteiger partial charge in [0.25, 0.3) is 0 Å². The van der Waals surface area contributed by atoms with Crippen LogP contribution in [0.1, 0.15) is 12.8 Å². The Morgan fingerprint density at radius 3 is 1.19 bits per heavy atom. The third-order valence-corrected chi connectivity index (χ3v) is 6.99. The van der Waals surface area contributed by atoms with Gasteiger partial charge in [-0.1, -0.05) is 0 Å². The quantitative estimate of drug-likeness (QED) is 0.513. The Balaban J connectivity index is 1.65. The van der Waals surface area contributed by atoms with Crippen molar-refractivity contribution in [1.29, 1.82) is 0 Å². The van der Waals surface area contributed by atoms with Crippen LogP contribution < -0.4 is 11.0 Å². The molecule has 6 unspecified atom stereocenters. The summed E-state index contributed by atoms with van der Waals surface area (Å²) in [6.07, 6.45) is 2.43. The van der Waals surface area contributed by atoms with Gasteiger partial charge in [-0.2, -0.15) is 0 Å². The first-order valence-corrected chi connectivity index (χ1v) is 6.66. The Hall–Kier alpha value is -0.160. The lowest BCUT2D eigenvalue weighted by Gasteiger charge is -2.44. The van der Waals surface area contributed by atoms with Gasteiger partial charge in [0.2, 0.25) is 0 Å². The highest BCUT2D eigenvalue weighted by Crippen LogP contribution is 2.79. The Morgan fingerprint density at radius 2 is 0.938 bits per heavy atom. The Labute approximate surface area is 94.3 Å². The van der Waals surface area contributed by atoms with Crippen LogP contribution in [-0.2, 0) is 0 Å². The van der Waals surface area contributed by atoms with E-state index >= 15 is 0 Å². The predicted octanol–water partition coefficient (Wildman–Crippen LogP) is 0.459. The zero-order valence-corrected chi connectivity index (χ0v) is 9.08. The molecule has 5 saturated carbocycles. The fourth-order valence-electron chi connectivity index (χ4n) is 6.98. The van der Waals surface area contributed by atoms with E-state index in [0.717, 1.165) is 23.7 Å². The highest BCUT2D eigenvalue weighted by Gasteiger charge is 2.79. The molecule has 0 aromatic heterocycles. The largest absolute Gasteiger partial charge is 0.317 e. The van der Waals surface area contributed by atoms with Crippen LogP contribution in [0.25, 0.3) is 0 Å². The van der Waals surface area contributed by atoms with Gasteiger partial charge in [0.1, 0.15) is 0 Å². The van der Waals surface area contributed by atoms with Gasteiger partial charge in [-0.15, -0.1) is 0 Å². The molecule has 5 aliphatic carbocycles. The van der Waals surface area contributed by atoms with E-state index < -0.39 is 0 Å². The molecule has 0 aromatic rings. The summed E-state index contributed by atoms with van der Waals surface area (Å²) in [7, 11) is 0. The number of nitrogens with one attached hydrogen (secondary N) is 2. The molecule has 5 fully saturated rings. The Bertz CT molecular complexity index is 282. The molecule has 0 radical (unpaired) electrons. The minimum Gasteiger partial charge on any atom is -0.317 e. The molecular formula is C12H18N2O2. The van der Waals surface area contributed by atoms with Crippen LogP contribution >= 0.6 is 0 Å². The lowest BCUT2D eigenvalue weighted by Crippen LogP contribution is -2.42. The number of rotatable bonds is 2. The molecule has 4 N–H and O–H groups in total. The van der Waals surface area contributed by atoms with Crippen LogP contribution in [0, 0.1) is 47.3 Å². The molecule has 16 heavy (non-hydrogen) atoms.